The lowest BCUT2D eigenvalue weighted by atomic mass is 9.95. The van der Waals surface area contributed by atoms with Crippen LogP contribution in [0, 0.1) is 10.1 Å². The molecule has 2 heterocycles. The molecule has 0 unspecified atom stereocenters. The molecule has 244 valence electrons. The highest BCUT2D eigenvalue weighted by atomic mass is 32.3. The summed E-state index contributed by atoms with van der Waals surface area (Å²) in [5.74, 6) is -1.23. The summed E-state index contributed by atoms with van der Waals surface area (Å²) in [5, 5.41) is 55.8. The van der Waals surface area contributed by atoms with Gasteiger partial charge < -0.3 is 44.7 Å². The number of nitrogens with zero attached hydrogens (tertiary/aromatic N) is 1. The first-order chi connectivity index (χ1) is 19.9. The van der Waals surface area contributed by atoms with Crippen molar-refractivity contribution in [3.05, 3.63) is 34.4 Å². The molecule has 2 aliphatic rings. The fourth-order valence-electron chi connectivity index (χ4n) is 4.17. The Hall–Kier alpha value is -2.65. The van der Waals surface area contributed by atoms with Crippen molar-refractivity contribution in [1.82, 2.24) is 5.32 Å². The summed E-state index contributed by atoms with van der Waals surface area (Å²) < 4.78 is 92.6. The van der Waals surface area contributed by atoms with Crippen molar-refractivity contribution in [2.24, 2.45) is 0 Å². The van der Waals surface area contributed by atoms with Crippen LogP contribution in [-0.2, 0) is 48.2 Å². The number of ether oxygens (including phenoxy) is 4. The molecular formula is C20H28N2O19S2. The van der Waals surface area contributed by atoms with Crippen LogP contribution in [0.4, 0.5) is 5.69 Å². The number of hydrogen-bond acceptors (Lipinski definition) is 17. The molecule has 0 saturated carbocycles. The smallest absolute Gasteiger partial charge is 0.397 e. The van der Waals surface area contributed by atoms with Crippen LogP contribution in [0.25, 0.3) is 0 Å². The number of aliphatic hydroxyl groups excluding tert-OH is 4. The molecule has 1 aromatic rings. The van der Waals surface area contributed by atoms with Gasteiger partial charge in [0.1, 0.15) is 48.8 Å². The van der Waals surface area contributed by atoms with Crippen LogP contribution < -0.4 is 10.1 Å². The Morgan fingerprint density at radius 3 is 1.98 bits per heavy atom. The molecule has 3 rings (SSSR count). The van der Waals surface area contributed by atoms with E-state index in [2.05, 4.69) is 13.7 Å². The average Bonchev–Trinajstić information content (AvgIpc) is 2.89. The molecule has 0 radical (unpaired) electrons. The van der Waals surface area contributed by atoms with Crippen LogP contribution in [0.2, 0.25) is 0 Å². The van der Waals surface area contributed by atoms with E-state index in [0.717, 1.165) is 19.1 Å². The average molecular weight is 665 g/mol. The van der Waals surface area contributed by atoms with E-state index in [1.807, 2.05) is 0 Å². The van der Waals surface area contributed by atoms with Crippen molar-refractivity contribution in [1.29, 1.82) is 0 Å². The third-order valence-corrected chi connectivity index (χ3v) is 6.94. The highest BCUT2D eigenvalue weighted by molar-refractivity contribution is 7.81. The van der Waals surface area contributed by atoms with Gasteiger partial charge in [0.2, 0.25) is 12.2 Å². The Labute approximate surface area is 242 Å². The largest absolute Gasteiger partial charge is 0.455 e. The van der Waals surface area contributed by atoms with Gasteiger partial charge in [-0.25, -0.2) is 8.37 Å². The van der Waals surface area contributed by atoms with Gasteiger partial charge >= 0.3 is 26.5 Å². The number of para-hydroxylation sites is 2. The number of nitrogens with one attached hydrogen (secondary N) is 1. The van der Waals surface area contributed by atoms with E-state index >= 15 is 0 Å². The van der Waals surface area contributed by atoms with Gasteiger partial charge in [-0.1, -0.05) is 12.1 Å². The summed E-state index contributed by atoms with van der Waals surface area (Å²) in [6.07, 6.45) is -17.6. The zero-order valence-corrected chi connectivity index (χ0v) is 23.4. The number of carbonyl (C=O) groups is 1. The van der Waals surface area contributed by atoms with Crippen molar-refractivity contribution in [2.75, 3.05) is 13.2 Å². The van der Waals surface area contributed by atoms with E-state index in [-0.39, 0.29) is 0 Å². The fourth-order valence-corrected chi connectivity index (χ4v) is 4.78. The molecule has 1 aromatic carbocycles. The van der Waals surface area contributed by atoms with Crippen LogP contribution in [0.3, 0.4) is 0 Å². The van der Waals surface area contributed by atoms with Gasteiger partial charge in [-0.05, 0) is 6.07 Å². The zero-order chi connectivity index (χ0) is 32.3. The number of rotatable bonds is 12. The maximum absolute atomic E-state index is 12.1. The van der Waals surface area contributed by atoms with Gasteiger partial charge in [0, 0.05) is 13.0 Å². The molecule has 43 heavy (non-hydrogen) atoms. The van der Waals surface area contributed by atoms with E-state index in [0.29, 0.717) is 0 Å². The monoisotopic (exact) mass is 664 g/mol. The molecule has 0 bridgehead atoms. The summed E-state index contributed by atoms with van der Waals surface area (Å²) in [7, 11) is -10.2. The lowest BCUT2D eigenvalue weighted by Crippen LogP contribution is -2.68. The van der Waals surface area contributed by atoms with Crippen molar-refractivity contribution in [3.63, 3.8) is 0 Å². The summed E-state index contributed by atoms with van der Waals surface area (Å²) in [5.41, 5.74) is -0.577. The lowest BCUT2D eigenvalue weighted by Gasteiger charge is -2.47. The van der Waals surface area contributed by atoms with Crippen LogP contribution in [0.5, 0.6) is 5.75 Å². The highest BCUT2D eigenvalue weighted by Gasteiger charge is 2.53. The SMILES string of the molecule is CC(=O)N[C@@H]1[C@@H](Oc2ccccc2[N+](=O)[O-])O[C@@H](COS(=O)(=O)O)[C@H](O)[C@@H]1O[C@@H]1O[C@@H](COS(=O)(=O)O)[C@H](O)[C@H](O)[C@@H]1O. The van der Waals surface area contributed by atoms with Crippen molar-refractivity contribution in [2.45, 2.75) is 68.3 Å². The predicted molar refractivity (Wildman–Crippen MR) is 133 cm³/mol. The number of nitro groups is 1. The van der Waals surface area contributed by atoms with Gasteiger partial charge in [-0.3, -0.25) is 24.0 Å². The summed E-state index contributed by atoms with van der Waals surface area (Å²) in [4.78, 5) is 22.8. The first-order valence-electron chi connectivity index (χ1n) is 12.0. The molecule has 0 aromatic heterocycles. The number of hydrogen-bond donors (Lipinski definition) is 7. The normalized spacial score (nSPS) is 33.5. The molecule has 1 amide bonds. The Kier molecular flexibility index (Phi) is 11.3. The lowest BCUT2D eigenvalue weighted by molar-refractivity contribution is -0.387. The van der Waals surface area contributed by atoms with Crippen LogP contribution in [0.1, 0.15) is 6.92 Å². The number of aliphatic hydroxyl groups is 4. The summed E-state index contributed by atoms with van der Waals surface area (Å²) >= 11 is 0. The van der Waals surface area contributed by atoms with Gasteiger partial charge in [0.05, 0.1) is 18.1 Å². The fraction of sp³-hybridized carbons (Fsp3) is 0.650. The maximum atomic E-state index is 12.1. The molecule has 2 fully saturated rings. The second kappa shape index (κ2) is 14.0. The van der Waals surface area contributed by atoms with Crippen LogP contribution in [0.15, 0.2) is 24.3 Å². The number of nitro benzene ring substituents is 1. The van der Waals surface area contributed by atoms with E-state index in [9.17, 15) is 52.2 Å². The highest BCUT2D eigenvalue weighted by Crippen LogP contribution is 2.33. The minimum Gasteiger partial charge on any atom is -0.455 e. The van der Waals surface area contributed by atoms with Crippen molar-refractivity contribution < 1.29 is 83.4 Å². The molecule has 2 aliphatic heterocycles. The summed E-state index contributed by atoms with van der Waals surface area (Å²) in [6.45, 7) is -1.19. The molecule has 7 N–H and O–H groups in total. The number of benzene rings is 1. The zero-order valence-electron chi connectivity index (χ0n) is 21.8. The second-order valence-electron chi connectivity index (χ2n) is 9.14. The minimum atomic E-state index is -5.11. The van der Waals surface area contributed by atoms with Crippen molar-refractivity contribution >= 4 is 32.4 Å². The van der Waals surface area contributed by atoms with E-state index in [4.69, 9.17) is 28.1 Å². The Morgan fingerprint density at radius 1 is 0.907 bits per heavy atom. The number of carbonyl (C=O) groups excluding carboxylic acids is 1. The maximum Gasteiger partial charge on any atom is 0.397 e. The molecule has 2 saturated heterocycles. The van der Waals surface area contributed by atoms with Gasteiger partial charge in [-0.15, -0.1) is 0 Å². The van der Waals surface area contributed by atoms with Gasteiger partial charge in [-0.2, -0.15) is 16.8 Å². The second-order valence-corrected chi connectivity index (χ2v) is 11.3. The van der Waals surface area contributed by atoms with E-state index in [1.165, 1.54) is 12.1 Å². The van der Waals surface area contributed by atoms with Gasteiger partial charge in [0.25, 0.3) is 0 Å². The van der Waals surface area contributed by atoms with E-state index < -0.39 is 118 Å². The molecule has 0 aliphatic carbocycles. The first kappa shape index (κ1) is 34.8. The van der Waals surface area contributed by atoms with E-state index in [1.54, 1.807) is 0 Å². The standard InChI is InChI=1S/C20H28N2O19S2/c1-8(23)21-13-18(41-20-17(27)16(26)14(24)11(40-20)6-36-42(30,31)32)15(25)12(7-37-43(33,34)35)39-19(13)38-10-5-3-2-4-9(10)22(28)29/h2-5,11-20,24-27H,6-7H2,1H3,(H,21,23)(H,30,31,32)(H,33,34,35)/t11-,12-,13-,14-,15-,16-,17-,18+,19-,20-/m0/s1. The first-order valence-corrected chi connectivity index (χ1v) is 14.7. The molecule has 0 spiro atoms. The Bertz CT molecular complexity index is 1360. The topological polar surface area (TPSA) is 317 Å². The third-order valence-electron chi connectivity index (χ3n) is 6.07. The minimum absolute atomic E-state index is 0.424. The molecule has 10 atom stereocenters. The predicted octanol–water partition coefficient (Wildman–Crippen LogP) is -3.60. The van der Waals surface area contributed by atoms with Crippen LogP contribution >= 0.6 is 0 Å². The van der Waals surface area contributed by atoms with Gasteiger partial charge in [0.15, 0.2) is 12.0 Å². The third kappa shape index (κ3) is 9.42. The molecule has 23 heteroatoms. The Morgan fingerprint density at radius 2 is 1.44 bits per heavy atom. The van der Waals surface area contributed by atoms with Crippen LogP contribution in [-0.4, -0.2) is 132 Å². The molecule has 21 nitrogen and oxygen atoms in total. The Balaban J connectivity index is 1.99. The molecular weight excluding hydrogens is 636 g/mol. The van der Waals surface area contributed by atoms with Crippen molar-refractivity contribution in [3.8, 4) is 5.75 Å². The quantitative estimate of drug-likeness (QED) is 0.0644. The number of amides is 1. The summed E-state index contributed by atoms with van der Waals surface area (Å²) in [6, 6.07) is 3.19.